The molecule has 0 fully saturated rings. The number of rotatable bonds is 4. The van der Waals surface area contributed by atoms with Crippen LogP contribution in [-0.2, 0) is 0 Å². The maximum atomic E-state index is 10.2. The Bertz CT molecular complexity index is 754. The lowest BCUT2D eigenvalue weighted by atomic mass is 9.83. The van der Waals surface area contributed by atoms with Crippen LogP contribution in [0.15, 0.2) is 30.3 Å². The number of phenolic OH excluding ortho intramolecular Hbond substituents is 2. The molecule has 24 heavy (non-hydrogen) atoms. The minimum atomic E-state index is 0.136. The van der Waals surface area contributed by atoms with Gasteiger partial charge in [0, 0.05) is 5.92 Å². The van der Waals surface area contributed by atoms with Crippen molar-refractivity contribution < 1.29 is 19.7 Å². The summed E-state index contributed by atoms with van der Waals surface area (Å²) in [6, 6.07) is 9.28. The number of benzene rings is 2. The minimum absolute atomic E-state index is 0.136. The summed E-state index contributed by atoms with van der Waals surface area (Å²) in [6.45, 7) is 4.42. The fourth-order valence-corrected chi connectivity index (χ4v) is 4.12. The average molecular weight is 328 g/mol. The van der Waals surface area contributed by atoms with Gasteiger partial charge < -0.3 is 19.7 Å². The number of methoxy groups -OCH3 is 2. The molecule has 2 N–H and O–H groups in total. The lowest BCUT2D eigenvalue weighted by Gasteiger charge is -2.21. The summed E-state index contributed by atoms with van der Waals surface area (Å²) in [6.07, 6.45) is 1.02. The van der Waals surface area contributed by atoms with Crippen LogP contribution in [0.3, 0.4) is 0 Å². The molecule has 3 atom stereocenters. The van der Waals surface area contributed by atoms with Gasteiger partial charge in [0.15, 0.2) is 23.0 Å². The van der Waals surface area contributed by atoms with E-state index in [2.05, 4.69) is 13.8 Å². The van der Waals surface area contributed by atoms with Crippen molar-refractivity contribution in [3.63, 3.8) is 0 Å². The van der Waals surface area contributed by atoms with Crippen LogP contribution >= 0.6 is 0 Å². The predicted octanol–water partition coefficient (Wildman–Crippen LogP) is 4.39. The zero-order valence-electron chi connectivity index (χ0n) is 14.5. The van der Waals surface area contributed by atoms with Gasteiger partial charge in [-0.15, -0.1) is 0 Å². The van der Waals surface area contributed by atoms with Gasteiger partial charge in [-0.1, -0.05) is 19.9 Å². The predicted molar refractivity (Wildman–Crippen MR) is 93.4 cm³/mol. The van der Waals surface area contributed by atoms with E-state index in [0.717, 1.165) is 17.5 Å². The Morgan fingerprint density at radius 1 is 0.917 bits per heavy atom. The molecule has 0 aromatic heterocycles. The molecular weight excluding hydrogens is 304 g/mol. The summed E-state index contributed by atoms with van der Waals surface area (Å²) in [5, 5.41) is 20.1. The third kappa shape index (κ3) is 2.46. The lowest BCUT2D eigenvalue weighted by molar-refractivity contribution is 0.371. The van der Waals surface area contributed by atoms with E-state index in [1.807, 2.05) is 24.3 Å². The number of phenols is 2. The van der Waals surface area contributed by atoms with Gasteiger partial charge in [-0.05, 0) is 59.2 Å². The minimum Gasteiger partial charge on any atom is -0.504 e. The Morgan fingerprint density at radius 3 is 2.21 bits per heavy atom. The number of fused-ring (bicyclic) bond motifs is 1. The van der Waals surface area contributed by atoms with E-state index < -0.39 is 0 Å². The second-order valence-corrected chi connectivity index (χ2v) is 6.44. The highest BCUT2D eigenvalue weighted by atomic mass is 16.5. The van der Waals surface area contributed by atoms with E-state index in [-0.39, 0.29) is 17.4 Å². The van der Waals surface area contributed by atoms with Gasteiger partial charge in [-0.2, -0.15) is 0 Å². The van der Waals surface area contributed by atoms with Crippen molar-refractivity contribution in [3.05, 3.63) is 47.0 Å². The van der Waals surface area contributed by atoms with Crippen molar-refractivity contribution in [2.45, 2.75) is 32.1 Å². The van der Waals surface area contributed by atoms with Crippen LogP contribution in [0.1, 0.15) is 48.8 Å². The Hall–Kier alpha value is -2.36. The van der Waals surface area contributed by atoms with Gasteiger partial charge in [0.05, 0.1) is 14.2 Å². The first-order valence-electron chi connectivity index (χ1n) is 8.29. The van der Waals surface area contributed by atoms with Crippen LogP contribution in [0.25, 0.3) is 0 Å². The molecular formula is C20H24O4. The lowest BCUT2D eigenvalue weighted by Crippen LogP contribution is -2.09. The van der Waals surface area contributed by atoms with Gasteiger partial charge in [-0.25, -0.2) is 0 Å². The zero-order valence-corrected chi connectivity index (χ0v) is 14.5. The average Bonchev–Trinajstić information content (AvgIpc) is 2.85. The molecule has 4 nitrogen and oxygen atoms in total. The van der Waals surface area contributed by atoms with E-state index in [1.54, 1.807) is 20.3 Å². The van der Waals surface area contributed by atoms with Crippen LogP contribution in [-0.4, -0.2) is 24.4 Å². The van der Waals surface area contributed by atoms with Crippen LogP contribution < -0.4 is 9.47 Å². The summed E-state index contributed by atoms with van der Waals surface area (Å²) in [7, 11) is 3.12. The maximum Gasteiger partial charge on any atom is 0.160 e. The van der Waals surface area contributed by atoms with Crippen LogP contribution in [0.4, 0.5) is 0 Å². The molecule has 2 aromatic carbocycles. The van der Waals surface area contributed by atoms with Crippen LogP contribution in [0, 0.1) is 5.92 Å². The first-order chi connectivity index (χ1) is 11.5. The molecule has 0 unspecified atom stereocenters. The second kappa shape index (κ2) is 6.27. The summed E-state index contributed by atoms with van der Waals surface area (Å²) in [5.74, 6) is 2.22. The zero-order chi connectivity index (χ0) is 17.4. The largest absolute Gasteiger partial charge is 0.504 e. The number of aromatic hydroxyl groups is 2. The molecule has 2 aromatic rings. The van der Waals surface area contributed by atoms with Crippen molar-refractivity contribution in [1.29, 1.82) is 0 Å². The summed E-state index contributed by atoms with van der Waals surface area (Å²) < 4.78 is 10.6. The van der Waals surface area contributed by atoms with Crippen molar-refractivity contribution >= 4 is 0 Å². The third-order valence-corrected chi connectivity index (χ3v) is 5.28. The molecule has 0 amide bonds. The molecule has 0 radical (unpaired) electrons. The molecule has 0 saturated carbocycles. The third-order valence-electron chi connectivity index (χ3n) is 5.28. The highest BCUT2D eigenvalue weighted by Gasteiger charge is 2.39. The van der Waals surface area contributed by atoms with Gasteiger partial charge >= 0.3 is 0 Å². The van der Waals surface area contributed by atoms with E-state index >= 15 is 0 Å². The first-order valence-corrected chi connectivity index (χ1v) is 8.29. The van der Waals surface area contributed by atoms with E-state index in [0.29, 0.717) is 23.3 Å². The number of hydrogen-bond donors (Lipinski definition) is 2. The molecule has 0 heterocycles. The topological polar surface area (TPSA) is 58.9 Å². The molecule has 0 aliphatic heterocycles. The molecule has 1 aliphatic rings. The van der Waals surface area contributed by atoms with E-state index in [9.17, 15) is 10.2 Å². The highest BCUT2D eigenvalue weighted by molar-refractivity contribution is 5.56. The Morgan fingerprint density at radius 2 is 1.58 bits per heavy atom. The van der Waals surface area contributed by atoms with Gasteiger partial charge in [-0.3, -0.25) is 0 Å². The quantitative estimate of drug-likeness (QED) is 0.874. The van der Waals surface area contributed by atoms with E-state index in [1.165, 1.54) is 5.56 Å². The molecule has 3 rings (SSSR count). The fourth-order valence-electron chi connectivity index (χ4n) is 4.12. The highest BCUT2D eigenvalue weighted by Crippen LogP contribution is 2.53. The number of ether oxygens (including phenoxy) is 2. The molecule has 0 bridgehead atoms. The number of hydrogen-bond acceptors (Lipinski definition) is 4. The second-order valence-electron chi connectivity index (χ2n) is 6.44. The maximum absolute atomic E-state index is 10.2. The fraction of sp³-hybridized carbons (Fsp3) is 0.400. The van der Waals surface area contributed by atoms with Crippen LogP contribution in [0.2, 0.25) is 0 Å². The van der Waals surface area contributed by atoms with Gasteiger partial charge in [0.25, 0.3) is 0 Å². The molecule has 0 saturated heterocycles. The first kappa shape index (κ1) is 16.5. The Kier molecular flexibility index (Phi) is 4.31. The standard InChI is InChI=1S/C20H24O4/c1-5-13-11(2)20(12-6-7-16(21)18(8-12)23-3)15-9-17(22)19(24-4)10-14(13)15/h6-11,13,20-22H,5H2,1-4H3/t11-,13-,20-/m0/s1. The van der Waals surface area contributed by atoms with Gasteiger partial charge in [0.1, 0.15) is 0 Å². The van der Waals surface area contributed by atoms with Crippen molar-refractivity contribution in [2.24, 2.45) is 5.92 Å². The smallest absolute Gasteiger partial charge is 0.160 e. The summed E-state index contributed by atoms with van der Waals surface area (Å²) in [4.78, 5) is 0. The SMILES string of the molecule is CC[C@@H]1c2cc(OC)c(O)cc2[C@H](c2ccc(O)c(OC)c2)[C@H]1C. The van der Waals surface area contributed by atoms with Gasteiger partial charge in [0.2, 0.25) is 0 Å². The molecule has 1 aliphatic carbocycles. The van der Waals surface area contributed by atoms with Crippen LogP contribution in [0.5, 0.6) is 23.0 Å². The normalized spacial score (nSPS) is 22.2. The van der Waals surface area contributed by atoms with Crippen molar-refractivity contribution in [2.75, 3.05) is 14.2 Å². The Labute approximate surface area is 142 Å². The van der Waals surface area contributed by atoms with Crippen molar-refractivity contribution in [3.8, 4) is 23.0 Å². The van der Waals surface area contributed by atoms with Crippen molar-refractivity contribution in [1.82, 2.24) is 0 Å². The summed E-state index contributed by atoms with van der Waals surface area (Å²) in [5.41, 5.74) is 3.44. The monoisotopic (exact) mass is 328 g/mol. The van der Waals surface area contributed by atoms with E-state index in [4.69, 9.17) is 9.47 Å². The molecule has 128 valence electrons. The molecule has 0 spiro atoms. The molecule has 4 heteroatoms. The summed E-state index contributed by atoms with van der Waals surface area (Å²) >= 11 is 0. The Balaban J connectivity index is 2.15.